The Balaban J connectivity index is 0.00000192. The van der Waals surface area contributed by atoms with Crippen LogP contribution in [0.25, 0.3) is 0 Å². The summed E-state index contributed by atoms with van der Waals surface area (Å²) >= 11 is 0. The van der Waals surface area contributed by atoms with Crippen LogP contribution in [-0.2, 0) is 5.54 Å². The molecule has 2 fully saturated rings. The lowest BCUT2D eigenvalue weighted by Crippen LogP contribution is -2.35. The van der Waals surface area contributed by atoms with Gasteiger partial charge in [0.1, 0.15) is 0 Å². The fourth-order valence-corrected chi connectivity index (χ4v) is 3.23. The van der Waals surface area contributed by atoms with Crippen LogP contribution in [0, 0.1) is 5.41 Å². The first-order valence-corrected chi connectivity index (χ1v) is 8.33. The number of nitrogens with two attached hydrogens (primary N) is 1. The predicted molar refractivity (Wildman–Crippen MR) is 94.1 cm³/mol. The van der Waals surface area contributed by atoms with Crippen LogP contribution in [0.15, 0.2) is 6.07 Å². The molecule has 3 rings (SSSR count). The molecule has 0 spiro atoms. The molecule has 130 valence electrons. The number of halogens is 1. The maximum atomic E-state index is 12.8. The summed E-state index contributed by atoms with van der Waals surface area (Å²) in [6.45, 7) is 10.7. The first kappa shape index (κ1) is 18.3. The zero-order chi connectivity index (χ0) is 16.1. The van der Waals surface area contributed by atoms with Gasteiger partial charge in [-0.15, -0.1) is 12.4 Å². The van der Waals surface area contributed by atoms with E-state index in [1.807, 2.05) is 11.0 Å². The molecule has 1 aliphatic carbocycles. The molecule has 1 unspecified atom stereocenters. The van der Waals surface area contributed by atoms with E-state index in [4.69, 9.17) is 5.73 Å². The Morgan fingerprint density at radius 2 is 2.09 bits per heavy atom. The van der Waals surface area contributed by atoms with Crippen molar-refractivity contribution in [2.24, 2.45) is 11.1 Å². The maximum Gasteiger partial charge on any atom is 0.274 e. The molecular weight excluding hydrogens is 312 g/mol. The lowest BCUT2D eigenvalue weighted by Gasteiger charge is -2.23. The quantitative estimate of drug-likeness (QED) is 0.920. The molecule has 5 nitrogen and oxygen atoms in total. The number of carbonyl (C=O) groups excluding carboxylic acids is 1. The minimum absolute atomic E-state index is 0. The normalized spacial score (nSPS) is 24.7. The van der Waals surface area contributed by atoms with Gasteiger partial charge in [-0.25, -0.2) is 0 Å². The summed E-state index contributed by atoms with van der Waals surface area (Å²) in [5.41, 5.74) is 7.63. The van der Waals surface area contributed by atoms with Gasteiger partial charge in [-0.3, -0.25) is 9.48 Å². The zero-order valence-electron chi connectivity index (χ0n) is 14.6. The second kappa shape index (κ2) is 6.10. The highest BCUT2D eigenvalue weighted by Crippen LogP contribution is 2.42. The van der Waals surface area contributed by atoms with Crippen LogP contribution >= 0.6 is 12.4 Å². The molecule has 2 aliphatic rings. The van der Waals surface area contributed by atoms with Gasteiger partial charge < -0.3 is 10.6 Å². The van der Waals surface area contributed by atoms with Crippen LogP contribution in [0.1, 0.15) is 69.1 Å². The van der Waals surface area contributed by atoms with E-state index >= 15 is 0 Å². The highest BCUT2D eigenvalue weighted by atomic mass is 35.5. The Bertz CT molecular complexity index is 588. The lowest BCUT2D eigenvalue weighted by atomic mass is 9.90. The van der Waals surface area contributed by atoms with Gasteiger partial charge in [0, 0.05) is 24.7 Å². The van der Waals surface area contributed by atoms with Crippen molar-refractivity contribution in [3.8, 4) is 0 Å². The molecule has 23 heavy (non-hydrogen) atoms. The van der Waals surface area contributed by atoms with Crippen LogP contribution in [-0.4, -0.2) is 40.2 Å². The summed E-state index contributed by atoms with van der Waals surface area (Å²) in [7, 11) is 0. The third kappa shape index (κ3) is 3.56. The second-order valence-corrected chi connectivity index (χ2v) is 8.30. The Hall–Kier alpha value is -1.07. The predicted octanol–water partition coefficient (Wildman–Crippen LogP) is 2.75. The SMILES string of the molecule is CC1(CN)CCN(C(=O)c2cc(C3CC3)n(C(C)(C)C)n2)C1.Cl. The van der Waals surface area contributed by atoms with Crippen molar-refractivity contribution in [2.45, 2.75) is 58.4 Å². The van der Waals surface area contributed by atoms with Crippen molar-refractivity contribution >= 4 is 18.3 Å². The van der Waals surface area contributed by atoms with Crippen LogP contribution in [0.4, 0.5) is 0 Å². The van der Waals surface area contributed by atoms with Crippen molar-refractivity contribution in [3.63, 3.8) is 0 Å². The van der Waals surface area contributed by atoms with Gasteiger partial charge in [0.05, 0.1) is 5.54 Å². The number of nitrogens with zero attached hydrogens (tertiary/aromatic N) is 3. The summed E-state index contributed by atoms with van der Waals surface area (Å²) in [6, 6.07) is 2.02. The Labute approximate surface area is 145 Å². The van der Waals surface area contributed by atoms with E-state index in [2.05, 4.69) is 37.5 Å². The third-order valence-corrected chi connectivity index (χ3v) is 4.92. The number of aromatic nitrogens is 2. The molecular formula is C17H29ClN4O. The number of hydrogen-bond acceptors (Lipinski definition) is 3. The van der Waals surface area contributed by atoms with E-state index < -0.39 is 0 Å². The first-order chi connectivity index (χ1) is 10.2. The van der Waals surface area contributed by atoms with E-state index in [0.717, 1.165) is 19.5 Å². The molecule has 0 aromatic carbocycles. The van der Waals surface area contributed by atoms with Gasteiger partial charge in [0.15, 0.2) is 5.69 Å². The maximum absolute atomic E-state index is 12.8. The molecule has 1 saturated carbocycles. The molecule has 1 amide bonds. The van der Waals surface area contributed by atoms with Crippen molar-refractivity contribution < 1.29 is 4.79 Å². The number of likely N-dealkylation sites (tertiary alicyclic amines) is 1. The number of carbonyl (C=O) groups is 1. The standard InChI is InChI=1S/C17H28N4O.ClH/c1-16(2,3)21-14(12-5-6-12)9-13(19-21)15(22)20-8-7-17(4,10-18)11-20;/h9,12H,5-8,10-11,18H2,1-4H3;1H. The van der Waals surface area contributed by atoms with Gasteiger partial charge in [-0.2, -0.15) is 5.10 Å². The molecule has 6 heteroatoms. The monoisotopic (exact) mass is 340 g/mol. The highest BCUT2D eigenvalue weighted by molar-refractivity contribution is 5.92. The van der Waals surface area contributed by atoms with Crippen molar-refractivity contribution in [2.75, 3.05) is 19.6 Å². The summed E-state index contributed by atoms with van der Waals surface area (Å²) in [5.74, 6) is 0.642. The highest BCUT2D eigenvalue weighted by Gasteiger charge is 2.37. The van der Waals surface area contributed by atoms with Crippen molar-refractivity contribution in [3.05, 3.63) is 17.5 Å². The smallest absolute Gasteiger partial charge is 0.274 e. The first-order valence-electron chi connectivity index (χ1n) is 8.33. The fraction of sp³-hybridized carbons (Fsp3) is 0.765. The number of rotatable bonds is 3. The number of amides is 1. The van der Waals surface area contributed by atoms with Gasteiger partial charge >= 0.3 is 0 Å². The molecule has 0 radical (unpaired) electrons. The summed E-state index contributed by atoms with van der Waals surface area (Å²) in [6.07, 6.45) is 3.40. The third-order valence-electron chi connectivity index (χ3n) is 4.92. The van der Waals surface area contributed by atoms with E-state index in [-0.39, 0.29) is 29.3 Å². The average molecular weight is 341 g/mol. The molecule has 1 atom stereocenters. The van der Waals surface area contributed by atoms with Gasteiger partial charge in [-0.05, 0) is 58.1 Å². The largest absolute Gasteiger partial charge is 0.337 e. The molecule has 2 heterocycles. The molecule has 1 aromatic heterocycles. The van der Waals surface area contributed by atoms with Gasteiger partial charge in [-0.1, -0.05) is 6.92 Å². The Kier molecular flexibility index (Phi) is 4.84. The Morgan fingerprint density at radius 1 is 1.43 bits per heavy atom. The van der Waals surface area contributed by atoms with Gasteiger partial charge in [0.2, 0.25) is 0 Å². The van der Waals surface area contributed by atoms with Crippen LogP contribution < -0.4 is 5.73 Å². The molecule has 1 saturated heterocycles. The minimum atomic E-state index is -0.0900. The van der Waals surface area contributed by atoms with Crippen molar-refractivity contribution in [1.29, 1.82) is 0 Å². The van der Waals surface area contributed by atoms with Crippen LogP contribution in [0.3, 0.4) is 0 Å². The lowest BCUT2D eigenvalue weighted by molar-refractivity contribution is 0.0769. The molecule has 1 aliphatic heterocycles. The topological polar surface area (TPSA) is 64.2 Å². The van der Waals surface area contributed by atoms with Crippen LogP contribution in [0.2, 0.25) is 0 Å². The van der Waals surface area contributed by atoms with E-state index in [1.54, 1.807) is 0 Å². The van der Waals surface area contributed by atoms with E-state index in [9.17, 15) is 4.79 Å². The summed E-state index contributed by atoms with van der Waals surface area (Å²) < 4.78 is 2.05. The average Bonchev–Trinajstić information content (AvgIpc) is 3.06. The van der Waals surface area contributed by atoms with Crippen molar-refractivity contribution in [1.82, 2.24) is 14.7 Å². The van der Waals surface area contributed by atoms with Crippen LogP contribution in [0.5, 0.6) is 0 Å². The minimum Gasteiger partial charge on any atom is -0.337 e. The second-order valence-electron chi connectivity index (χ2n) is 8.30. The van der Waals surface area contributed by atoms with E-state index in [0.29, 0.717) is 18.2 Å². The zero-order valence-corrected chi connectivity index (χ0v) is 15.4. The number of hydrogen-bond donors (Lipinski definition) is 1. The molecule has 2 N–H and O–H groups in total. The molecule has 0 bridgehead atoms. The fourth-order valence-electron chi connectivity index (χ4n) is 3.23. The Morgan fingerprint density at radius 3 is 2.57 bits per heavy atom. The molecule has 1 aromatic rings. The van der Waals surface area contributed by atoms with E-state index in [1.165, 1.54) is 18.5 Å². The van der Waals surface area contributed by atoms with Gasteiger partial charge in [0.25, 0.3) is 5.91 Å². The summed E-state index contributed by atoms with van der Waals surface area (Å²) in [4.78, 5) is 14.7. The summed E-state index contributed by atoms with van der Waals surface area (Å²) in [5, 5.41) is 4.66.